The maximum atomic E-state index is 2.57. The zero-order valence-electron chi connectivity index (χ0n) is 28.2. The van der Waals surface area contributed by atoms with Crippen molar-refractivity contribution in [2.24, 2.45) is 5.92 Å². The average molecular weight is 692 g/mol. The van der Waals surface area contributed by atoms with Crippen molar-refractivity contribution in [3.8, 4) is 11.1 Å². The Bertz CT molecular complexity index is 2470. The van der Waals surface area contributed by atoms with Gasteiger partial charge in [0.25, 0.3) is 0 Å². The third-order valence-electron chi connectivity index (χ3n) is 10.9. The Balaban J connectivity index is 1.13. The second-order valence-corrected chi connectivity index (χ2v) is 18.0. The molecule has 0 saturated heterocycles. The van der Waals surface area contributed by atoms with Crippen molar-refractivity contribution in [2.45, 2.75) is 32.4 Å². The first-order valence-electron chi connectivity index (χ1n) is 17.8. The van der Waals surface area contributed by atoms with Gasteiger partial charge in [0, 0.05) is 42.7 Å². The first-order valence-corrected chi connectivity index (χ1v) is 20.4. The summed E-state index contributed by atoms with van der Waals surface area (Å²) >= 11 is 1.90. The Morgan fingerprint density at radius 1 is 0.549 bits per heavy atom. The van der Waals surface area contributed by atoms with Gasteiger partial charge in [-0.2, -0.15) is 10.0 Å². The predicted molar refractivity (Wildman–Crippen MR) is 219 cm³/mol. The number of fused-ring (bicyclic) bond motifs is 5. The Hall–Kier alpha value is -5.35. The molecule has 0 radical (unpaired) electrons. The van der Waals surface area contributed by atoms with Crippen molar-refractivity contribution in [1.29, 1.82) is 0 Å². The molecule has 0 spiro atoms. The molecule has 0 bridgehead atoms. The van der Waals surface area contributed by atoms with Crippen LogP contribution in [0, 0.1) is 5.92 Å². The Morgan fingerprint density at radius 3 is 1.92 bits per heavy atom. The molecule has 3 atom stereocenters. The van der Waals surface area contributed by atoms with Gasteiger partial charge in [-0.25, -0.2) is 0 Å². The van der Waals surface area contributed by atoms with Crippen LogP contribution in [0.3, 0.4) is 0 Å². The highest BCUT2D eigenvalue weighted by molar-refractivity contribution is 8.34. The highest BCUT2D eigenvalue weighted by Crippen LogP contribution is 2.73. The number of allylic oxidation sites excluding steroid dienone is 3. The smallest absolute Gasteiger partial charge is 0.0626 e. The highest BCUT2D eigenvalue weighted by Gasteiger charge is 2.45. The van der Waals surface area contributed by atoms with E-state index in [0.29, 0.717) is 12.0 Å². The summed E-state index contributed by atoms with van der Waals surface area (Å²) in [5.41, 5.74) is 6.75. The fraction of sp³-hybridized carbons (Fsp3) is 0.0833. The number of para-hydroxylation sites is 1. The molecular weight excluding hydrogens is 655 g/mol. The van der Waals surface area contributed by atoms with E-state index in [1.807, 2.05) is 11.3 Å². The standard InChI is InChI=1S/C48H37NS2/c1-4-15-35(16-5-1)49-45-25-12-10-21-41(45)44-33-39(31-32-46(44)49)51(36-17-6-2-7-18-36,37-19-8-3-9-20-37)38-29-27-34(28-30-38)40-23-14-24-43-42-22-11-13-26-47(42)50-48(40)43/h1-32,39,41,45H,33H2. The van der Waals surface area contributed by atoms with Crippen molar-refractivity contribution in [1.82, 2.24) is 0 Å². The fourth-order valence-electron chi connectivity index (χ4n) is 8.73. The van der Waals surface area contributed by atoms with E-state index in [-0.39, 0.29) is 5.25 Å². The first-order chi connectivity index (χ1) is 25.3. The lowest BCUT2D eigenvalue weighted by Gasteiger charge is -2.48. The van der Waals surface area contributed by atoms with Gasteiger partial charge in [0.2, 0.25) is 0 Å². The summed E-state index contributed by atoms with van der Waals surface area (Å²) in [5, 5.41) is 2.97. The van der Waals surface area contributed by atoms with E-state index in [0.717, 1.165) is 6.42 Å². The molecule has 1 nitrogen and oxygen atoms in total. The van der Waals surface area contributed by atoms with E-state index in [1.165, 1.54) is 57.4 Å². The van der Waals surface area contributed by atoms with Crippen LogP contribution in [0.5, 0.6) is 0 Å². The molecule has 246 valence electrons. The van der Waals surface area contributed by atoms with Gasteiger partial charge in [-0.05, 0) is 98.5 Å². The van der Waals surface area contributed by atoms with Crippen LogP contribution in [-0.2, 0) is 0 Å². The third-order valence-corrected chi connectivity index (χ3v) is 16.4. The van der Waals surface area contributed by atoms with Gasteiger partial charge in [0.1, 0.15) is 0 Å². The van der Waals surface area contributed by atoms with Crippen LogP contribution >= 0.6 is 21.4 Å². The van der Waals surface area contributed by atoms with E-state index in [9.17, 15) is 0 Å². The quantitative estimate of drug-likeness (QED) is 0.168. The van der Waals surface area contributed by atoms with Crippen LogP contribution in [0.25, 0.3) is 31.3 Å². The topological polar surface area (TPSA) is 3.24 Å². The number of thiophene rings is 1. The Kier molecular flexibility index (Phi) is 7.44. The van der Waals surface area contributed by atoms with Crippen LogP contribution in [-0.4, -0.2) is 11.3 Å². The van der Waals surface area contributed by atoms with E-state index >= 15 is 0 Å². The van der Waals surface area contributed by atoms with Crippen LogP contribution in [0.2, 0.25) is 0 Å². The summed E-state index contributed by atoms with van der Waals surface area (Å²) in [6.45, 7) is 0. The van der Waals surface area contributed by atoms with Gasteiger partial charge in [0.05, 0.1) is 6.04 Å². The maximum Gasteiger partial charge on any atom is 0.0626 e. The highest BCUT2D eigenvalue weighted by atomic mass is 32.3. The fourth-order valence-corrected chi connectivity index (χ4v) is 14.3. The van der Waals surface area contributed by atoms with Crippen molar-refractivity contribution in [3.05, 3.63) is 205 Å². The summed E-state index contributed by atoms with van der Waals surface area (Å²) in [6.07, 6.45) is 15.3. The molecule has 3 aliphatic rings. The maximum absolute atomic E-state index is 2.57. The molecule has 0 saturated carbocycles. The van der Waals surface area contributed by atoms with Crippen molar-refractivity contribution in [2.75, 3.05) is 4.90 Å². The summed E-state index contributed by atoms with van der Waals surface area (Å²) < 4.78 is 2.70. The average Bonchev–Trinajstić information content (AvgIpc) is 3.76. The zero-order valence-corrected chi connectivity index (χ0v) is 29.8. The van der Waals surface area contributed by atoms with E-state index in [1.54, 1.807) is 5.57 Å². The lowest BCUT2D eigenvalue weighted by Crippen LogP contribution is -2.32. The molecule has 1 aliphatic heterocycles. The molecule has 0 N–H and O–H groups in total. The molecule has 6 aromatic carbocycles. The largest absolute Gasteiger partial charge is 0.334 e. The number of rotatable bonds is 6. The SMILES string of the molecule is C1=CC2C3=C(C=CC(S(c4ccccc4)(c4ccccc4)c4ccc(-c5cccc6c5sc5ccccc56)cc4)C3)N(c3ccccc3)C2C=C1. The van der Waals surface area contributed by atoms with Gasteiger partial charge >= 0.3 is 0 Å². The number of nitrogens with zero attached hydrogens (tertiary/aromatic N) is 1. The van der Waals surface area contributed by atoms with Gasteiger partial charge in [-0.15, -0.1) is 11.3 Å². The molecule has 2 heterocycles. The molecule has 3 heteroatoms. The molecule has 1 aromatic heterocycles. The molecule has 7 aromatic rings. The summed E-state index contributed by atoms with van der Waals surface area (Å²) in [5.74, 6) is 0.352. The Labute approximate surface area is 305 Å². The molecular formula is C48H37NS2. The summed E-state index contributed by atoms with van der Waals surface area (Å²) in [6, 6.07) is 59.2. The zero-order chi connectivity index (χ0) is 33.8. The summed E-state index contributed by atoms with van der Waals surface area (Å²) in [7, 11) is -1.73. The number of anilines is 1. The van der Waals surface area contributed by atoms with Gasteiger partial charge < -0.3 is 4.90 Å². The molecule has 0 fully saturated rings. The van der Waals surface area contributed by atoms with E-state index in [2.05, 4.69) is 199 Å². The minimum atomic E-state index is -1.73. The number of benzene rings is 6. The van der Waals surface area contributed by atoms with Crippen molar-refractivity contribution < 1.29 is 0 Å². The van der Waals surface area contributed by atoms with Crippen molar-refractivity contribution >= 4 is 47.2 Å². The van der Waals surface area contributed by atoms with Gasteiger partial charge in [-0.1, -0.05) is 134 Å². The minimum absolute atomic E-state index is 0.286. The van der Waals surface area contributed by atoms with Crippen LogP contribution in [0.1, 0.15) is 6.42 Å². The molecule has 0 amide bonds. The predicted octanol–water partition coefficient (Wildman–Crippen LogP) is 13.2. The lowest BCUT2D eigenvalue weighted by molar-refractivity contribution is 0.659. The third kappa shape index (κ3) is 4.83. The number of hydrogen-bond acceptors (Lipinski definition) is 2. The van der Waals surface area contributed by atoms with Crippen LogP contribution < -0.4 is 4.90 Å². The summed E-state index contributed by atoms with van der Waals surface area (Å²) in [4.78, 5) is 6.78. The second-order valence-electron chi connectivity index (χ2n) is 13.6. The van der Waals surface area contributed by atoms with Crippen LogP contribution in [0.15, 0.2) is 220 Å². The van der Waals surface area contributed by atoms with Gasteiger partial charge in [0.15, 0.2) is 0 Å². The second kappa shape index (κ2) is 12.5. The van der Waals surface area contributed by atoms with Gasteiger partial charge in [-0.3, -0.25) is 0 Å². The molecule has 3 unspecified atom stereocenters. The Morgan fingerprint density at radius 2 is 1.18 bits per heavy atom. The number of hydrogen-bond donors (Lipinski definition) is 0. The minimum Gasteiger partial charge on any atom is -0.334 e. The van der Waals surface area contributed by atoms with E-state index in [4.69, 9.17) is 0 Å². The van der Waals surface area contributed by atoms with Crippen LogP contribution in [0.4, 0.5) is 5.69 Å². The monoisotopic (exact) mass is 691 g/mol. The first kappa shape index (κ1) is 30.5. The molecule has 10 rings (SSSR count). The molecule has 2 aliphatic carbocycles. The molecule has 51 heavy (non-hydrogen) atoms. The lowest BCUT2D eigenvalue weighted by atomic mass is 9.87. The normalized spacial score (nSPS) is 19.8. The van der Waals surface area contributed by atoms with E-state index < -0.39 is 10.0 Å². The van der Waals surface area contributed by atoms with Crippen molar-refractivity contribution in [3.63, 3.8) is 0 Å².